The van der Waals surface area contributed by atoms with Gasteiger partial charge in [-0.25, -0.2) is 0 Å². The average Bonchev–Trinajstić information content (AvgIpc) is 0.930. The number of carbonyl (C=O) groups is 9. The Bertz CT molecular complexity index is 3530. The number of ether oxygens (including phenoxy) is 3. The molecule has 0 amide bonds. The molecular formula is C111H166O12. The minimum absolute atomic E-state index is 0.0391. The summed E-state index contributed by atoms with van der Waals surface area (Å²) in [5.41, 5.74) is 0. The molecule has 0 rings (SSSR count). The smallest absolute Gasteiger partial charge is 0.309 e. The Hall–Kier alpha value is -8.41. The standard InChI is InChI=1S/C46H44O4.C38H72O4.C27H50O4/c1-4-7-9-11-13-15-16-17-18-19-20-21-22-23-24-25-26-28-30-32-36-41-45(48)42-43(46(49)50-6-3)38-34-33-37-40-44(47)39-35-31-29-27-14-12-10-8-5-2;1-4-7-10-12-14-16-17-19-21-23-27-32-37(40)34-35(38(41)42-33-9-6-3)29-25-24-28-31-36(39)30-26-22-20-18-15-13-11-8-5-2;1-4-7-9-11-12-13-17-20-25(28)21-18-14-15-19-24(27(30)31-6-3)23-26(29)22-16-10-8-5-2/h43H,5-6,8,10,12,14,27,29,31,33-35,37-40,42H2,1-3H3;35H,4-34H2,1-3H3;24H,4-23H2,1-3H3/t43-;35-;24-/m111/s1. The van der Waals surface area contributed by atoms with Crippen molar-refractivity contribution in [1.29, 1.82) is 0 Å². The van der Waals surface area contributed by atoms with E-state index in [1.165, 1.54) is 193 Å². The van der Waals surface area contributed by atoms with Gasteiger partial charge in [0.05, 0.1) is 37.6 Å². The normalized spacial score (nSPS) is 10.5. The lowest BCUT2D eigenvalue weighted by atomic mass is 9.93. The third-order valence-corrected chi connectivity index (χ3v) is 21.3. The number of rotatable bonds is 77. The van der Waals surface area contributed by atoms with Gasteiger partial charge in [-0.2, -0.15) is 0 Å². The van der Waals surface area contributed by atoms with E-state index in [0.717, 1.165) is 141 Å². The van der Waals surface area contributed by atoms with Gasteiger partial charge in [0.1, 0.15) is 28.9 Å². The second-order valence-electron chi connectivity index (χ2n) is 32.6. The highest BCUT2D eigenvalue weighted by Gasteiger charge is 2.25. The second kappa shape index (κ2) is 99.0. The predicted molar refractivity (Wildman–Crippen MR) is 510 cm³/mol. The van der Waals surface area contributed by atoms with Gasteiger partial charge in [-0.15, -0.1) is 0 Å². The molecule has 0 N–H and O–H groups in total. The summed E-state index contributed by atoms with van der Waals surface area (Å²) in [4.78, 5) is 111. The van der Waals surface area contributed by atoms with E-state index in [1.54, 1.807) is 20.8 Å². The topological polar surface area (TPSA) is 181 Å². The maximum absolute atomic E-state index is 12.7. The van der Waals surface area contributed by atoms with Crippen molar-refractivity contribution in [2.24, 2.45) is 17.8 Å². The molecule has 0 fully saturated rings. The quantitative estimate of drug-likeness (QED) is 0.0185. The summed E-state index contributed by atoms with van der Waals surface area (Å²) in [5.74, 6) is 54.2. The van der Waals surface area contributed by atoms with E-state index < -0.39 is 17.7 Å². The Kier molecular flexibility index (Phi) is 95.6. The van der Waals surface area contributed by atoms with Crippen LogP contribution in [0.4, 0.5) is 0 Å². The van der Waals surface area contributed by atoms with Crippen LogP contribution in [0.25, 0.3) is 0 Å². The van der Waals surface area contributed by atoms with Gasteiger partial charge in [0, 0.05) is 94.3 Å². The zero-order valence-corrected chi connectivity index (χ0v) is 79.2. The first-order valence-corrected chi connectivity index (χ1v) is 49.2. The number of Topliss-reactive ketones (excluding diaryl/α,β-unsaturated/α-hetero) is 6. The van der Waals surface area contributed by atoms with Crippen molar-refractivity contribution in [1.82, 2.24) is 0 Å². The lowest BCUT2D eigenvalue weighted by Gasteiger charge is -2.15. The molecule has 0 unspecified atom stereocenters. The van der Waals surface area contributed by atoms with Gasteiger partial charge in [-0.3, -0.25) is 43.2 Å². The predicted octanol–water partition coefficient (Wildman–Crippen LogP) is 26.4. The van der Waals surface area contributed by atoms with Crippen molar-refractivity contribution < 1.29 is 57.4 Å². The molecular weight excluding hydrogens is 1530 g/mol. The number of unbranched alkanes of at least 4 members (excludes halogenated alkanes) is 42. The summed E-state index contributed by atoms with van der Waals surface area (Å²) in [6.45, 7) is 19.5. The minimum atomic E-state index is -0.569. The summed E-state index contributed by atoms with van der Waals surface area (Å²) in [7, 11) is 0. The van der Waals surface area contributed by atoms with E-state index in [1.807, 2.05) is 0 Å². The van der Waals surface area contributed by atoms with Crippen molar-refractivity contribution in [3.05, 3.63) is 0 Å². The molecule has 0 heterocycles. The Labute approximate surface area is 753 Å². The van der Waals surface area contributed by atoms with Crippen molar-refractivity contribution in [3.63, 3.8) is 0 Å². The maximum Gasteiger partial charge on any atom is 0.309 e. The average molecular weight is 1690 g/mol. The molecule has 0 aromatic heterocycles. The van der Waals surface area contributed by atoms with Crippen molar-refractivity contribution >= 4 is 52.6 Å². The van der Waals surface area contributed by atoms with Crippen LogP contribution >= 0.6 is 0 Å². The molecule has 0 aromatic rings. The van der Waals surface area contributed by atoms with E-state index in [9.17, 15) is 43.2 Å². The molecule has 682 valence electrons. The fourth-order valence-corrected chi connectivity index (χ4v) is 13.9. The fraction of sp³-hybridized carbons (Fsp3) is 0.721. The third kappa shape index (κ3) is 92.6. The second-order valence-corrected chi connectivity index (χ2v) is 32.6. The molecule has 0 saturated carbocycles. The SMILES string of the molecule is CC#CC#CC#CC#CC#CC#CC#CC#CC#CC#CC#CC(=O)C[C@@H](CCCCCC(=O)CCCCCCCCCCC)C(=O)OCC.CCCCCCCCCC(=O)CCCCC[C@H](CC(=O)CCCCCC)C(=O)OCC.CCCCCCCCCCCCCC(=O)C[C@@H](CCCCCC(=O)CCCCCCCCCCC)C(=O)OCCCC. The monoisotopic (exact) mass is 1690 g/mol. The van der Waals surface area contributed by atoms with E-state index in [0.29, 0.717) is 108 Å². The number of hydrogen-bond acceptors (Lipinski definition) is 12. The Morgan fingerprint density at radius 2 is 0.398 bits per heavy atom. The van der Waals surface area contributed by atoms with Crippen LogP contribution in [-0.4, -0.2) is 72.4 Å². The van der Waals surface area contributed by atoms with Crippen molar-refractivity contribution in [3.8, 4) is 130 Å². The van der Waals surface area contributed by atoms with Gasteiger partial charge >= 0.3 is 17.9 Å². The highest BCUT2D eigenvalue weighted by molar-refractivity contribution is 5.98. The van der Waals surface area contributed by atoms with E-state index in [2.05, 4.69) is 172 Å². The van der Waals surface area contributed by atoms with Crippen molar-refractivity contribution in [2.75, 3.05) is 19.8 Å². The van der Waals surface area contributed by atoms with Gasteiger partial charge in [0.25, 0.3) is 0 Å². The van der Waals surface area contributed by atoms with Crippen LogP contribution in [-0.2, 0) is 57.4 Å². The summed E-state index contributed by atoms with van der Waals surface area (Å²) in [5, 5.41) is 0. The number of ketones is 6. The first-order chi connectivity index (χ1) is 60.1. The van der Waals surface area contributed by atoms with Gasteiger partial charge in [-0.05, 0) is 198 Å². The molecule has 3 atom stereocenters. The fourth-order valence-electron chi connectivity index (χ4n) is 13.9. The van der Waals surface area contributed by atoms with Gasteiger partial charge in [0.15, 0.2) is 0 Å². The van der Waals surface area contributed by atoms with Crippen LogP contribution < -0.4 is 0 Å². The van der Waals surface area contributed by atoms with E-state index in [-0.39, 0.29) is 48.4 Å². The molecule has 0 saturated heterocycles. The van der Waals surface area contributed by atoms with Crippen molar-refractivity contribution in [2.45, 2.75) is 480 Å². The van der Waals surface area contributed by atoms with Crippen LogP contribution in [0, 0.1) is 148 Å². The van der Waals surface area contributed by atoms with Crippen LogP contribution in [0.3, 0.4) is 0 Å². The number of esters is 3. The first kappa shape index (κ1) is 119. The summed E-state index contributed by atoms with van der Waals surface area (Å²) >= 11 is 0. The molecule has 0 spiro atoms. The van der Waals surface area contributed by atoms with E-state index >= 15 is 0 Å². The molecule has 0 aliphatic carbocycles. The van der Waals surface area contributed by atoms with Crippen LogP contribution in [0.2, 0.25) is 0 Å². The van der Waals surface area contributed by atoms with Gasteiger partial charge < -0.3 is 14.2 Å². The van der Waals surface area contributed by atoms with Gasteiger partial charge in [0.2, 0.25) is 5.78 Å². The summed E-state index contributed by atoms with van der Waals surface area (Å²) < 4.78 is 15.8. The molecule has 0 aliphatic heterocycles. The number of carbonyl (C=O) groups excluding carboxylic acids is 9. The molecule has 0 radical (unpaired) electrons. The molecule has 0 bridgehead atoms. The van der Waals surface area contributed by atoms with Crippen LogP contribution in [0.15, 0.2) is 0 Å². The Balaban J connectivity index is -0.00000180. The third-order valence-electron chi connectivity index (χ3n) is 21.3. The molecule has 123 heavy (non-hydrogen) atoms. The van der Waals surface area contributed by atoms with Crippen LogP contribution in [0.1, 0.15) is 480 Å². The molecule has 0 aromatic carbocycles. The van der Waals surface area contributed by atoms with Gasteiger partial charge in [-0.1, -0.05) is 317 Å². The largest absolute Gasteiger partial charge is 0.466 e. The molecule has 12 nitrogen and oxygen atoms in total. The first-order valence-electron chi connectivity index (χ1n) is 49.2. The molecule has 0 aliphatic rings. The zero-order chi connectivity index (χ0) is 90.7. The maximum atomic E-state index is 12.7. The van der Waals surface area contributed by atoms with E-state index in [4.69, 9.17) is 14.2 Å². The zero-order valence-electron chi connectivity index (χ0n) is 79.2. The minimum Gasteiger partial charge on any atom is -0.466 e. The van der Waals surface area contributed by atoms with Crippen LogP contribution in [0.5, 0.6) is 0 Å². The summed E-state index contributed by atoms with van der Waals surface area (Å²) in [6, 6.07) is 0. The lowest BCUT2D eigenvalue weighted by molar-refractivity contribution is -0.151. The number of hydrogen-bond donors (Lipinski definition) is 0. The Morgan fingerprint density at radius 3 is 0.642 bits per heavy atom. The Morgan fingerprint density at radius 1 is 0.203 bits per heavy atom. The molecule has 12 heteroatoms. The summed E-state index contributed by atoms with van der Waals surface area (Å²) in [6.07, 6.45) is 66.8. The lowest BCUT2D eigenvalue weighted by Crippen LogP contribution is -2.21. The highest BCUT2D eigenvalue weighted by Crippen LogP contribution is 2.24. The highest BCUT2D eigenvalue weighted by atomic mass is 16.5.